The number of carboxylic acids is 1. The van der Waals surface area contributed by atoms with Crippen LogP contribution in [0.15, 0.2) is 48.5 Å². The molecule has 3 rings (SSSR count). The van der Waals surface area contributed by atoms with Crippen molar-refractivity contribution in [3.05, 3.63) is 59.7 Å². The number of alkyl carbamates (subject to hydrolysis) is 1. The second-order valence-corrected chi connectivity index (χ2v) is 6.83. The minimum atomic E-state index is -1.11. The van der Waals surface area contributed by atoms with Gasteiger partial charge in [-0.3, -0.25) is 9.59 Å². The van der Waals surface area contributed by atoms with Gasteiger partial charge >= 0.3 is 12.1 Å². The third-order valence-electron chi connectivity index (χ3n) is 4.94. The molecule has 1 unspecified atom stereocenters. The molecule has 8 heteroatoms. The lowest BCUT2D eigenvalue weighted by molar-refractivity contribution is -0.137. The number of ether oxygens (including phenoxy) is 1. The summed E-state index contributed by atoms with van der Waals surface area (Å²) in [6.07, 6.45) is -1.25. The van der Waals surface area contributed by atoms with Gasteiger partial charge in [0.25, 0.3) is 0 Å². The van der Waals surface area contributed by atoms with Crippen LogP contribution in [0.4, 0.5) is 4.79 Å². The average Bonchev–Trinajstić information content (AvgIpc) is 3.07. The number of carbonyl (C=O) groups is 3. The number of nitriles is 1. The first kappa shape index (κ1) is 20.9. The lowest BCUT2D eigenvalue weighted by Crippen LogP contribution is -2.47. The summed E-state index contributed by atoms with van der Waals surface area (Å²) in [5.74, 6) is -1.86. The molecule has 3 N–H and O–H groups in total. The molecular weight excluding hydrogens is 386 g/mol. The van der Waals surface area contributed by atoms with E-state index in [1.807, 2.05) is 48.5 Å². The first-order valence-electron chi connectivity index (χ1n) is 9.49. The number of benzene rings is 2. The van der Waals surface area contributed by atoms with Gasteiger partial charge < -0.3 is 20.5 Å². The first-order valence-corrected chi connectivity index (χ1v) is 9.49. The summed E-state index contributed by atoms with van der Waals surface area (Å²) in [4.78, 5) is 35.3. The Morgan fingerprint density at radius 2 is 1.67 bits per heavy atom. The fraction of sp³-hybridized carbons (Fsp3) is 0.273. The summed E-state index contributed by atoms with van der Waals surface area (Å²) in [6.45, 7) is -0.167. The molecule has 0 heterocycles. The van der Waals surface area contributed by atoms with Crippen molar-refractivity contribution in [3.63, 3.8) is 0 Å². The van der Waals surface area contributed by atoms with Crippen LogP contribution in [0, 0.1) is 11.3 Å². The zero-order chi connectivity index (χ0) is 21.5. The van der Waals surface area contributed by atoms with Crippen molar-refractivity contribution in [3.8, 4) is 17.2 Å². The van der Waals surface area contributed by atoms with Gasteiger partial charge in [0.2, 0.25) is 5.91 Å². The van der Waals surface area contributed by atoms with Crippen LogP contribution in [-0.4, -0.2) is 42.3 Å². The van der Waals surface area contributed by atoms with Gasteiger partial charge in [-0.15, -0.1) is 0 Å². The maximum absolute atomic E-state index is 12.3. The van der Waals surface area contributed by atoms with Crippen LogP contribution in [0.5, 0.6) is 0 Å². The zero-order valence-corrected chi connectivity index (χ0v) is 16.1. The van der Waals surface area contributed by atoms with Crippen molar-refractivity contribution < 1.29 is 24.2 Å². The number of hydrogen-bond donors (Lipinski definition) is 3. The van der Waals surface area contributed by atoms with E-state index < -0.39 is 24.0 Å². The Hall–Kier alpha value is -3.86. The number of carbonyl (C=O) groups excluding carboxylic acids is 2. The van der Waals surface area contributed by atoms with Crippen LogP contribution < -0.4 is 10.6 Å². The smallest absolute Gasteiger partial charge is 0.407 e. The number of carboxylic acid groups (broad SMARTS) is 1. The van der Waals surface area contributed by atoms with Crippen molar-refractivity contribution in [1.29, 1.82) is 5.26 Å². The normalized spacial score (nSPS) is 12.8. The zero-order valence-electron chi connectivity index (χ0n) is 16.1. The lowest BCUT2D eigenvalue weighted by Gasteiger charge is -2.19. The number of amides is 2. The van der Waals surface area contributed by atoms with Gasteiger partial charge in [-0.05, 0) is 28.7 Å². The van der Waals surface area contributed by atoms with Gasteiger partial charge in [0.15, 0.2) is 0 Å². The van der Waals surface area contributed by atoms with Gasteiger partial charge in [-0.1, -0.05) is 48.5 Å². The molecular formula is C22H21N3O5. The number of rotatable bonds is 8. The van der Waals surface area contributed by atoms with E-state index in [9.17, 15) is 14.4 Å². The molecule has 1 aliphatic carbocycles. The number of fused-ring (bicyclic) bond motifs is 3. The summed E-state index contributed by atoms with van der Waals surface area (Å²) in [5.41, 5.74) is 4.30. The molecule has 2 aromatic rings. The summed E-state index contributed by atoms with van der Waals surface area (Å²) in [5, 5.41) is 22.2. The Bertz CT molecular complexity index is 953. The molecule has 2 aromatic carbocycles. The Kier molecular flexibility index (Phi) is 6.65. The van der Waals surface area contributed by atoms with E-state index >= 15 is 0 Å². The Morgan fingerprint density at radius 3 is 2.23 bits per heavy atom. The van der Waals surface area contributed by atoms with E-state index in [1.165, 1.54) is 0 Å². The summed E-state index contributed by atoms with van der Waals surface area (Å²) in [7, 11) is 0. The number of aliphatic carboxylic acids is 1. The predicted molar refractivity (Wildman–Crippen MR) is 107 cm³/mol. The van der Waals surface area contributed by atoms with Crippen molar-refractivity contribution in [2.45, 2.75) is 24.8 Å². The van der Waals surface area contributed by atoms with Gasteiger partial charge in [0, 0.05) is 12.3 Å². The number of hydrogen-bond acceptors (Lipinski definition) is 5. The van der Waals surface area contributed by atoms with E-state index in [0.717, 1.165) is 22.3 Å². The lowest BCUT2D eigenvalue weighted by atomic mass is 9.98. The van der Waals surface area contributed by atoms with Gasteiger partial charge in [0.1, 0.15) is 19.2 Å². The fourth-order valence-electron chi connectivity index (χ4n) is 3.57. The van der Waals surface area contributed by atoms with Crippen molar-refractivity contribution >= 4 is 18.0 Å². The molecule has 30 heavy (non-hydrogen) atoms. The largest absolute Gasteiger partial charge is 0.481 e. The Morgan fingerprint density at radius 1 is 1.07 bits per heavy atom. The standard InChI is InChI=1S/C22H21N3O5/c23-11-12-24-21(28)19(9-10-20(26)27)25-22(29)30-13-18-16-7-3-1-5-14(16)15-6-2-4-8-17(15)18/h1-8,18-19H,9-10,12-13H2,(H,24,28)(H,25,29)(H,26,27). The van der Waals surface area contributed by atoms with Gasteiger partial charge in [-0.25, -0.2) is 4.79 Å². The molecule has 0 aliphatic heterocycles. The van der Waals surface area contributed by atoms with Crippen molar-refractivity contribution in [1.82, 2.24) is 10.6 Å². The summed E-state index contributed by atoms with van der Waals surface area (Å²) < 4.78 is 5.39. The van der Waals surface area contributed by atoms with Crippen LogP contribution in [0.2, 0.25) is 0 Å². The van der Waals surface area contributed by atoms with Crippen LogP contribution in [0.25, 0.3) is 11.1 Å². The molecule has 0 radical (unpaired) electrons. The molecule has 8 nitrogen and oxygen atoms in total. The molecule has 2 amide bonds. The maximum atomic E-state index is 12.3. The second kappa shape index (κ2) is 9.56. The minimum absolute atomic E-state index is 0.0747. The second-order valence-electron chi connectivity index (χ2n) is 6.83. The highest BCUT2D eigenvalue weighted by atomic mass is 16.5. The first-order chi connectivity index (χ1) is 14.5. The highest BCUT2D eigenvalue weighted by Gasteiger charge is 2.29. The maximum Gasteiger partial charge on any atom is 0.407 e. The highest BCUT2D eigenvalue weighted by molar-refractivity contribution is 5.86. The van der Waals surface area contributed by atoms with E-state index in [1.54, 1.807) is 6.07 Å². The Balaban J connectivity index is 1.66. The Labute approximate surface area is 173 Å². The topological polar surface area (TPSA) is 129 Å². The van der Waals surface area contributed by atoms with E-state index in [4.69, 9.17) is 15.1 Å². The molecule has 0 aromatic heterocycles. The van der Waals surface area contributed by atoms with E-state index in [-0.39, 0.29) is 31.9 Å². The third-order valence-corrected chi connectivity index (χ3v) is 4.94. The minimum Gasteiger partial charge on any atom is -0.481 e. The number of nitrogens with zero attached hydrogens (tertiary/aromatic N) is 1. The summed E-state index contributed by atoms with van der Waals surface area (Å²) >= 11 is 0. The van der Waals surface area contributed by atoms with E-state index in [2.05, 4.69) is 10.6 Å². The quantitative estimate of drug-likeness (QED) is 0.577. The summed E-state index contributed by atoms with van der Waals surface area (Å²) in [6, 6.07) is 16.5. The highest BCUT2D eigenvalue weighted by Crippen LogP contribution is 2.44. The van der Waals surface area contributed by atoms with E-state index in [0.29, 0.717) is 0 Å². The third kappa shape index (κ3) is 4.75. The molecule has 0 spiro atoms. The molecule has 0 bridgehead atoms. The number of nitrogens with one attached hydrogen (secondary N) is 2. The van der Waals surface area contributed by atoms with Gasteiger partial charge in [-0.2, -0.15) is 5.26 Å². The molecule has 0 saturated heterocycles. The molecule has 0 fully saturated rings. The molecule has 1 atom stereocenters. The van der Waals surface area contributed by atoms with Crippen LogP contribution in [0.3, 0.4) is 0 Å². The predicted octanol–water partition coefficient (Wildman–Crippen LogP) is 2.40. The van der Waals surface area contributed by atoms with Crippen molar-refractivity contribution in [2.24, 2.45) is 0 Å². The van der Waals surface area contributed by atoms with Crippen LogP contribution >= 0.6 is 0 Å². The van der Waals surface area contributed by atoms with Crippen LogP contribution in [0.1, 0.15) is 29.9 Å². The van der Waals surface area contributed by atoms with Crippen molar-refractivity contribution in [2.75, 3.05) is 13.2 Å². The molecule has 0 saturated carbocycles. The molecule has 154 valence electrons. The van der Waals surface area contributed by atoms with Gasteiger partial charge in [0.05, 0.1) is 6.07 Å². The monoisotopic (exact) mass is 407 g/mol. The molecule has 1 aliphatic rings. The fourth-order valence-corrected chi connectivity index (χ4v) is 3.57. The SMILES string of the molecule is N#CCNC(=O)C(CCC(=O)O)NC(=O)OCC1c2ccccc2-c2ccccc21. The van der Waals surface area contributed by atoms with Crippen LogP contribution in [-0.2, 0) is 14.3 Å². The average molecular weight is 407 g/mol.